The molecule has 49 heavy (non-hydrogen) atoms. The number of hydrogen-bond acceptors (Lipinski definition) is 6. The zero-order chi connectivity index (χ0) is 34.1. The van der Waals surface area contributed by atoms with Crippen molar-refractivity contribution in [3.63, 3.8) is 0 Å². The number of likely N-dealkylation sites (tertiary alicyclic amines) is 2. The molecule has 0 saturated carbocycles. The van der Waals surface area contributed by atoms with E-state index in [2.05, 4.69) is 99.5 Å². The van der Waals surface area contributed by atoms with Crippen LogP contribution in [-0.2, 0) is 14.3 Å². The number of ether oxygens (including phenoxy) is 1. The predicted molar refractivity (Wildman–Crippen MR) is 187 cm³/mol. The van der Waals surface area contributed by atoms with E-state index in [1.54, 1.807) is 4.90 Å². The maximum absolute atomic E-state index is 12.8. The van der Waals surface area contributed by atoms with Crippen LogP contribution in [0.4, 0.5) is 4.79 Å². The lowest BCUT2D eigenvalue weighted by atomic mass is 9.99. The van der Waals surface area contributed by atoms with E-state index in [0.717, 1.165) is 88.3 Å². The number of H-pyrrole nitrogens is 2. The van der Waals surface area contributed by atoms with Gasteiger partial charge in [-0.2, -0.15) is 0 Å². The van der Waals surface area contributed by atoms with Crippen LogP contribution in [0.5, 0.6) is 0 Å². The number of carbonyl (C=O) groups excluding carboxylic acids is 3. The highest BCUT2D eigenvalue weighted by Crippen LogP contribution is 2.40. The van der Waals surface area contributed by atoms with Crippen LogP contribution in [0.25, 0.3) is 44.5 Å². The summed E-state index contributed by atoms with van der Waals surface area (Å²) in [4.78, 5) is 56.3. The maximum atomic E-state index is 12.8. The zero-order valence-corrected chi connectivity index (χ0v) is 28.0. The molecule has 0 aliphatic carbocycles. The lowest BCUT2D eigenvalue weighted by Crippen LogP contribution is -2.40. The molecule has 7 rings (SSSR count). The van der Waals surface area contributed by atoms with Gasteiger partial charge in [-0.1, -0.05) is 68.4 Å². The van der Waals surface area contributed by atoms with Gasteiger partial charge in [0.25, 0.3) is 0 Å². The number of hydrogen-bond donors (Lipinski definition) is 3. The van der Waals surface area contributed by atoms with E-state index in [-0.39, 0.29) is 30.6 Å². The number of nitrogens with zero attached hydrogens (tertiary/aromatic N) is 4. The van der Waals surface area contributed by atoms with Gasteiger partial charge in [0.15, 0.2) is 0 Å². The van der Waals surface area contributed by atoms with Crippen molar-refractivity contribution >= 4 is 29.4 Å². The van der Waals surface area contributed by atoms with Gasteiger partial charge in [-0.05, 0) is 71.6 Å². The molecule has 2 aliphatic rings. The van der Waals surface area contributed by atoms with E-state index in [1.807, 2.05) is 17.2 Å². The number of carbonyl (C=O) groups is 3. The van der Waals surface area contributed by atoms with Crippen LogP contribution < -0.4 is 5.32 Å². The fourth-order valence-electron chi connectivity index (χ4n) is 7.51. The first-order chi connectivity index (χ1) is 23.9. The highest BCUT2D eigenvalue weighted by atomic mass is 16.5. The molecule has 0 spiro atoms. The first-order valence-corrected chi connectivity index (χ1v) is 17.0. The van der Waals surface area contributed by atoms with Crippen molar-refractivity contribution in [3.05, 3.63) is 84.6 Å². The minimum Gasteiger partial charge on any atom is -0.453 e. The third-order valence-electron chi connectivity index (χ3n) is 10.1. The molecular weight excluding hydrogens is 618 g/mol. The summed E-state index contributed by atoms with van der Waals surface area (Å²) in [6, 6.07) is 23.2. The molecule has 4 heterocycles. The quantitative estimate of drug-likeness (QED) is 0.152. The second-order valence-electron chi connectivity index (χ2n) is 13.1. The molecule has 2 saturated heterocycles. The van der Waals surface area contributed by atoms with Crippen LogP contribution in [0, 0.1) is 5.92 Å². The summed E-state index contributed by atoms with van der Waals surface area (Å²) >= 11 is 0. The minimum absolute atomic E-state index is 0.0264. The Morgan fingerprint density at radius 2 is 1.63 bits per heavy atom. The Morgan fingerprint density at radius 1 is 0.959 bits per heavy atom. The molecule has 252 valence electrons. The smallest absolute Gasteiger partial charge is 0.407 e. The van der Waals surface area contributed by atoms with E-state index in [9.17, 15) is 14.4 Å². The summed E-state index contributed by atoms with van der Waals surface area (Å²) in [6.07, 6.45) is 5.83. The van der Waals surface area contributed by atoms with Crippen LogP contribution in [0.15, 0.2) is 72.9 Å². The van der Waals surface area contributed by atoms with Crippen LogP contribution in [0.2, 0.25) is 0 Å². The van der Waals surface area contributed by atoms with Crippen LogP contribution >= 0.6 is 0 Å². The summed E-state index contributed by atoms with van der Waals surface area (Å²) in [6.45, 7) is 4.83. The molecule has 3 N–H and O–H groups in total. The zero-order valence-electron chi connectivity index (χ0n) is 28.0. The number of nitrogens with one attached hydrogen (secondary N) is 3. The van der Waals surface area contributed by atoms with Crippen LogP contribution in [0.3, 0.4) is 0 Å². The third-order valence-corrected chi connectivity index (χ3v) is 10.1. The van der Waals surface area contributed by atoms with Gasteiger partial charge in [0.05, 0.1) is 42.1 Å². The van der Waals surface area contributed by atoms with E-state index in [1.165, 1.54) is 7.11 Å². The van der Waals surface area contributed by atoms with Gasteiger partial charge in [-0.25, -0.2) is 14.8 Å². The summed E-state index contributed by atoms with van der Waals surface area (Å²) < 4.78 is 4.59. The fraction of sp³-hybridized carbons (Fsp3) is 0.342. The number of aromatic nitrogens is 4. The monoisotopic (exact) mass is 659 g/mol. The maximum Gasteiger partial charge on any atom is 0.407 e. The molecule has 3 amide bonds. The number of imidazole rings is 2. The van der Waals surface area contributed by atoms with Gasteiger partial charge in [-0.15, -0.1) is 0 Å². The van der Waals surface area contributed by atoms with Crippen molar-refractivity contribution in [2.45, 2.75) is 57.7 Å². The van der Waals surface area contributed by atoms with E-state index in [4.69, 9.17) is 4.98 Å². The number of rotatable bonds is 9. The standard InChI is InChI=1S/C38H41N7O4/c1-4-29-18-23(2)35(45(29)22-46)37-39-20-32(43-37)27-13-11-25(12-14-27)24-7-9-26(10-8-24)28-15-16-30-31(19-28)42-36(41-30)33-6-5-17-44(33)34(47)21-40-38(48)49-3/h7-16,19-20,22-23,29,33,35H,4-6,17-18,21H2,1-3H3,(H,39,43)(H,40,48)(H,41,42). The third kappa shape index (κ3) is 6.28. The average Bonchev–Trinajstić information content (AvgIpc) is 3.95. The Kier molecular flexibility index (Phi) is 8.90. The fourth-order valence-corrected chi connectivity index (χ4v) is 7.51. The molecule has 5 aromatic rings. The van der Waals surface area contributed by atoms with Crippen molar-refractivity contribution in [3.8, 4) is 33.5 Å². The second kappa shape index (κ2) is 13.6. The number of aromatic amines is 2. The van der Waals surface area contributed by atoms with Crippen LogP contribution in [0.1, 0.15) is 63.3 Å². The Bertz CT molecular complexity index is 1970. The summed E-state index contributed by atoms with van der Waals surface area (Å²) in [5.41, 5.74) is 8.12. The second-order valence-corrected chi connectivity index (χ2v) is 13.1. The SMILES string of the molecule is CCC1CC(C)C(c2ncc(-c3ccc(-c4ccc(-c5ccc6nc(C7CCCN7C(=O)CNC(=O)OC)[nH]c6c5)cc4)cc3)[nH]2)N1C=O. The molecule has 11 nitrogen and oxygen atoms in total. The van der Waals surface area contributed by atoms with E-state index < -0.39 is 6.09 Å². The highest BCUT2D eigenvalue weighted by molar-refractivity contribution is 5.84. The molecule has 3 aromatic carbocycles. The average molecular weight is 660 g/mol. The Morgan fingerprint density at radius 3 is 2.31 bits per heavy atom. The van der Waals surface area contributed by atoms with Crippen molar-refractivity contribution < 1.29 is 19.1 Å². The van der Waals surface area contributed by atoms with Crippen molar-refractivity contribution in [2.75, 3.05) is 20.2 Å². The first-order valence-electron chi connectivity index (χ1n) is 17.0. The van der Waals surface area contributed by atoms with Gasteiger partial charge in [0.2, 0.25) is 12.3 Å². The van der Waals surface area contributed by atoms with Gasteiger partial charge in [0, 0.05) is 12.6 Å². The predicted octanol–water partition coefficient (Wildman–Crippen LogP) is 6.62. The lowest BCUT2D eigenvalue weighted by Gasteiger charge is -2.25. The lowest BCUT2D eigenvalue weighted by molar-refractivity contribution is -0.131. The van der Waals surface area contributed by atoms with Crippen molar-refractivity contribution in [1.29, 1.82) is 0 Å². The van der Waals surface area contributed by atoms with Gasteiger partial charge < -0.3 is 29.8 Å². The van der Waals surface area contributed by atoms with Gasteiger partial charge >= 0.3 is 6.09 Å². The Balaban J connectivity index is 1.03. The van der Waals surface area contributed by atoms with Crippen LogP contribution in [-0.4, -0.2) is 74.4 Å². The van der Waals surface area contributed by atoms with Gasteiger partial charge in [-0.3, -0.25) is 9.59 Å². The molecule has 11 heteroatoms. The molecule has 2 aromatic heterocycles. The van der Waals surface area contributed by atoms with Crippen molar-refractivity contribution in [1.82, 2.24) is 35.1 Å². The van der Waals surface area contributed by atoms with Crippen molar-refractivity contribution in [2.24, 2.45) is 5.92 Å². The molecule has 4 unspecified atom stereocenters. The molecule has 0 radical (unpaired) electrons. The largest absolute Gasteiger partial charge is 0.453 e. The number of fused-ring (bicyclic) bond motifs is 1. The topological polar surface area (TPSA) is 136 Å². The Hall–Kier alpha value is -5.45. The molecule has 2 aliphatic heterocycles. The highest BCUT2D eigenvalue weighted by Gasteiger charge is 2.39. The summed E-state index contributed by atoms with van der Waals surface area (Å²) in [7, 11) is 1.27. The number of amides is 3. The summed E-state index contributed by atoms with van der Waals surface area (Å²) in [5.74, 6) is 1.78. The van der Waals surface area contributed by atoms with E-state index >= 15 is 0 Å². The molecular formula is C38H41N7O4. The normalized spacial score (nSPS) is 20.6. The Labute approximate surface area is 285 Å². The number of benzene rings is 3. The molecule has 0 bridgehead atoms. The number of methoxy groups -OCH3 is 1. The molecule has 2 fully saturated rings. The van der Waals surface area contributed by atoms with Gasteiger partial charge in [0.1, 0.15) is 18.2 Å². The summed E-state index contributed by atoms with van der Waals surface area (Å²) in [5, 5.41) is 2.48. The first kappa shape index (κ1) is 32.1. The number of alkyl carbamates (subject to hydrolysis) is 1. The van der Waals surface area contributed by atoms with E-state index in [0.29, 0.717) is 12.5 Å². The molecule has 4 atom stereocenters. The minimum atomic E-state index is -0.626.